The Balaban J connectivity index is 2.45. The minimum atomic E-state index is -0.482. The second kappa shape index (κ2) is 4.32. The molecular weight excluding hydrogens is 242 g/mol. The Bertz CT molecular complexity index is 494. The highest BCUT2D eigenvalue weighted by molar-refractivity contribution is 7.12. The Morgan fingerprint density at radius 3 is 2.72 bits per heavy atom. The molecule has 1 aromatic heterocycles. The molecule has 0 spiro atoms. The summed E-state index contributed by atoms with van der Waals surface area (Å²) in [7, 11) is 2.00. The number of hydrogen-bond donors (Lipinski definition) is 1. The molecule has 0 saturated heterocycles. The lowest BCUT2D eigenvalue weighted by Gasteiger charge is -2.34. The van der Waals surface area contributed by atoms with Crippen LogP contribution in [0.25, 0.3) is 0 Å². The van der Waals surface area contributed by atoms with Crippen molar-refractivity contribution in [3.63, 3.8) is 0 Å². The third-order valence-corrected chi connectivity index (χ3v) is 5.14. The first-order valence-electron chi connectivity index (χ1n) is 6.38. The SMILES string of the molecule is CNC1CC(C)(C)Cc2nc(C(C)(C)C#N)sc21. The van der Waals surface area contributed by atoms with Gasteiger partial charge in [-0.05, 0) is 39.2 Å². The maximum atomic E-state index is 9.24. The molecule has 98 valence electrons. The number of aromatic nitrogens is 1. The molecule has 4 heteroatoms. The number of hydrogen-bond acceptors (Lipinski definition) is 4. The van der Waals surface area contributed by atoms with Crippen LogP contribution >= 0.6 is 11.3 Å². The summed E-state index contributed by atoms with van der Waals surface area (Å²) in [6.07, 6.45) is 2.14. The third kappa shape index (κ3) is 2.30. The molecule has 1 atom stereocenters. The van der Waals surface area contributed by atoms with Gasteiger partial charge in [0.2, 0.25) is 0 Å². The third-order valence-electron chi connectivity index (χ3n) is 3.61. The van der Waals surface area contributed by atoms with Crippen LogP contribution in [0.2, 0.25) is 0 Å². The van der Waals surface area contributed by atoms with E-state index in [4.69, 9.17) is 4.98 Å². The van der Waals surface area contributed by atoms with E-state index in [9.17, 15) is 5.26 Å². The molecule has 0 amide bonds. The van der Waals surface area contributed by atoms with E-state index >= 15 is 0 Å². The lowest BCUT2D eigenvalue weighted by molar-refractivity contribution is 0.265. The fraction of sp³-hybridized carbons (Fsp3) is 0.714. The van der Waals surface area contributed by atoms with Gasteiger partial charge < -0.3 is 5.32 Å². The molecule has 1 aromatic rings. The number of thiazole rings is 1. The zero-order valence-corrected chi connectivity index (χ0v) is 12.6. The van der Waals surface area contributed by atoms with Gasteiger partial charge in [-0.2, -0.15) is 5.26 Å². The number of fused-ring (bicyclic) bond motifs is 1. The molecule has 0 aromatic carbocycles. The molecule has 0 fully saturated rings. The summed E-state index contributed by atoms with van der Waals surface area (Å²) in [5, 5.41) is 13.6. The van der Waals surface area contributed by atoms with Crippen molar-refractivity contribution in [2.24, 2.45) is 5.41 Å². The molecule has 0 bridgehead atoms. The molecule has 1 heterocycles. The predicted octanol–water partition coefficient (Wildman–Crippen LogP) is 3.18. The van der Waals surface area contributed by atoms with Gasteiger partial charge in [0.25, 0.3) is 0 Å². The van der Waals surface area contributed by atoms with Crippen molar-refractivity contribution < 1.29 is 0 Å². The van der Waals surface area contributed by atoms with Gasteiger partial charge in [0, 0.05) is 10.9 Å². The van der Waals surface area contributed by atoms with Gasteiger partial charge in [-0.25, -0.2) is 4.98 Å². The lowest BCUT2D eigenvalue weighted by atomic mass is 9.76. The minimum Gasteiger partial charge on any atom is -0.312 e. The number of nitrogens with zero attached hydrogens (tertiary/aromatic N) is 2. The highest BCUT2D eigenvalue weighted by Crippen LogP contribution is 2.44. The number of nitrogens with one attached hydrogen (secondary N) is 1. The van der Waals surface area contributed by atoms with E-state index < -0.39 is 5.41 Å². The maximum absolute atomic E-state index is 9.24. The average molecular weight is 263 g/mol. The summed E-state index contributed by atoms with van der Waals surface area (Å²) >= 11 is 1.70. The summed E-state index contributed by atoms with van der Waals surface area (Å²) in [5.41, 5.74) is 0.988. The molecule has 1 N–H and O–H groups in total. The van der Waals surface area contributed by atoms with E-state index in [0.717, 1.165) is 17.8 Å². The van der Waals surface area contributed by atoms with Crippen molar-refractivity contribution in [1.29, 1.82) is 5.26 Å². The molecule has 18 heavy (non-hydrogen) atoms. The molecule has 1 aliphatic carbocycles. The van der Waals surface area contributed by atoms with E-state index in [0.29, 0.717) is 6.04 Å². The highest BCUT2D eigenvalue weighted by Gasteiger charge is 2.36. The first-order chi connectivity index (χ1) is 8.29. The van der Waals surface area contributed by atoms with Crippen LogP contribution in [0.1, 0.15) is 55.7 Å². The normalized spacial score (nSPS) is 22.3. The zero-order chi connectivity index (χ0) is 13.6. The van der Waals surface area contributed by atoms with Crippen LogP contribution in [0.3, 0.4) is 0 Å². The van der Waals surface area contributed by atoms with Crippen molar-refractivity contribution >= 4 is 11.3 Å². The number of nitriles is 1. The molecular formula is C14H21N3S. The molecule has 0 saturated carbocycles. The average Bonchev–Trinajstić information content (AvgIpc) is 2.70. The monoisotopic (exact) mass is 263 g/mol. The smallest absolute Gasteiger partial charge is 0.113 e. The molecule has 0 radical (unpaired) electrons. The Morgan fingerprint density at radius 1 is 1.50 bits per heavy atom. The lowest BCUT2D eigenvalue weighted by Crippen LogP contribution is -2.30. The topological polar surface area (TPSA) is 48.7 Å². The summed E-state index contributed by atoms with van der Waals surface area (Å²) in [4.78, 5) is 6.07. The maximum Gasteiger partial charge on any atom is 0.113 e. The van der Waals surface area contributed by atoms with Crippen molar-refractivity contribution in [3.8, 4) is 6.07 Å². The number of rotatable bonds is 2. The van der Waals surface area contributed by atoms with E-state index in [-0.39, 0.29) is 5.41 Å². The van der Waals surface area contributed by atoms with Crippen molar-refractivity contribution in [3.05, 3.63) is 15.6 Å². The Morgan fingerprint density at radius 2 is 2.17 bits per heavy atom. The van der Waals surface area contributed by atoms with Gasteiger partial charge in [0.15, 0.2) is 0 Å². The van der Waals surface area contributed by atoms with Crippen LogP contribution in [0, 0.1) is 16.7 Å². The zero-order valence-electron chi connectivity index (χ0n) is 11.8. The van der Waals surface area contributed by atoms with Gasteiger partial charge in [-0.1, -0.05) is 13.8 Å². The Kier molecular flexibility index (Phi) is 3.25. The fourth-order valence-electron chi connectivity index (χ4n) is 2.48. The second-order valence-corrected chi connectivity index (χ2v) is 7.48. The van der Waals surface area contributed by atoms with E-state index in [1.807, 2.05) is 20.9 Å². The molecule has 3 nitrogen and oxygen atoms in total. The van der Waals surface area contributed by atoms with Crippen LogP contribution in [-0.2, 0) is 11.8 Å². The Labute approximate surface area is 113 Å². The predicted molar refractivity (Wildman–Crippen MR) is 74.7 cm³/mol. The summed E-state index contributed by atoms with van der Waals surface area (Å²) in [6, 6.07) is 2.73. The first-order valence-corrected chi connectivity index (χ1v) is 7.19. The van der Waals surface area contributed by atoms with Crippen LogP contribution in [-0.4, -0.2) is 12.0 Å². The highest BCUT2D eigenvalue weighted by atomic mass is 32.1. The van der Waals surface area contributed by atoms with Crippen LogP contribution in [0.15, 0.2) is 0 Å². The summed E-state index contributed by atoms with van der Waals surface area (Å²) in [6.45, 7) is 8.46. The molecule has 2 rings (SSSR count). The van der Waals surface area contributed by atoms with Crippen LogP contribution in [0.5, 0.6) is 0 Å². The molecule has 0 aliphatic heterocycles. The standard InChI is InChI=1S/C14H21N3S/c1-13(2)6-9(16-5)11-10(7-13)17-12(18-11)14(3,4)8-15/h9,16H,6-7H2,1-5H3. The largest absolute Gasteiger partial charge is 0.312 e. The van der Waals surface area contributed by atoms with Gasteiger partial charge >= 0.3 is 0 Å². The van der Waals surface area contributed by atoms with Crippen LogP contribution < -0.4 is 5.32 Å². The van der Waals surface area contributed by atoms with Gasteiger partial charge in [-0.15, -0.1) is 11.3 Å². The minimum absolute atomic E-state index is 0.281. The van der Waals surface area contributed by atoms with E-state index in [2.05, 4.69) is 25.2 Å². The fourth-order valence-corrected chi connectivity index (χ4v) is 3.73. The van der Waals surface area contributed by atoms with E-state index in [1.54, 1.807) is 11.3 Å². The quantitative estimate of drug-likeness (QED) is 0.891. The van der Waals surface area contributed by atoms with E-state index in [1.165, 1.54) is 10.6 Å². The van der Waals surface area contributed by atoms with Crippen molar-refractivity contribution in [2.75, 3.05) is 7.05 Å². The van der Waals surface area contributed by atoms with Crippen molar-refractivity contribution in [2.45, 2.75) is 52.0 Å². The Hall–Kier alpha value is -0.920. The van der Waals surface area contributed by atoms with Crippen molar-refractivity contribution in [1.82, 2.24) is 10.3 Å². The second-order valence-electron chi connectivity index (χ2n) is 6.45. The van der Waals surface area contributed by atoms with Gasteiger partial charge in [-0.3, -0.25) is 0 Å². The van der Waals surface area contributed by atoms with Gasteiger partial charge in [0.1, 0.15) is 10.4 Å². The van der Waals surface area contributed by atoms with Crippen LogP contribution in [0.4, 0.5) is 0 Å². The summed E-state index contributed by atoms with van der Waals surface area (Å²) in [5.74, 6) is 0. The van der Waals surface area contributed by atoms with Gasteiger partial charge in [0.05, 0.1) is 11.8 Å². The molecule has 1 aliphatic rings. The summed E-state index contributed by atoms with van der Waals surface area (Å²) < 4.78 is 0. The molecule has 1 unspecified atom stereocenters. The first kappa shape index (κ1) is 13.5.